The number of carbonyl (C=O) groups excluding carboxylic acids is 2. The van der Waals surface area contributed by atoms with Crippen LogP contribution in [0.5, 0.6) is 0 Å². The smallest absolute Gasteiger partial charge is 0.310 e. The lowest BCUT2D eigenvalue weighted by Gasteiger charge is -2.33. The van der Waals surface area contributed by atoms with E-state index in [1.54, 1.807) is 36.3 Å². The molecule has 1 amide bonds. The van der Waals surface area contributed by atoms with Gasteiger partial charge in [0.1, 0.15) is 12.4 Å². The van der Waals surface area contributed by atoms with Gasteiger partial charge in [0.2, 0.25) is 0 Å². The van der Waals surface area contributed by atoms with Crippen LogP contribution in [-0.2, 0) is 25.4 Å². The Morgan fingerprint density at radius 3 is 2.56 bits per heavy atom. The molecule has 3 aliphatic rings. The molecule has 1 saturated heterocycles. The van der Waals surface area contributed by atoms with Gasteiger partial charge in [0, 0.05) is 41.8 Å². The number of nitrogens with zero attached hydrogens (tertiary/aromatic N) is 2. The molecule has 0 aromatic heterocycles. The van der Waals surface area contributed by atoms with Crippen LogP contribution in [-0.4, -0.2) is 67.7 Å². The Balaban J connectivity index is 1.21. The number of rotatable bonds is 9. The van der Waals surface area contributed by atoms with Crippen LogP contribution in [0.25, 0.3) is 0 Å². The summed E-state index contributed by atoms with van der Waals surface area (Å²) in [6, 6.07) is 15.2. The van der Waals surface area contributed by atoms with Gasteiger partial charge in [-0.2, -0.15) is 0 Å². The van der Waals surface area contributed by atoms with Crippen molar-refractivity contribution in [2.45, 2.75) is 38.8 Å². The summed E-state index contributed by atoms with van der Waals surface area (Å²) in [5, 5.41) is 0.569. The molecule has 3 unspecified atom stereocenters. The largest absolute Gasteiger partial charge is 0.497 e. The third-order valence-electron chi connectivity index (χ3n) is 8.16. The van der Waals surface area contributed by atoms with Crippen LogP contribution < -0.4 is 0 Å². The maximum Gasteiger partial charge on any atom is 0.310 e. The Bertz CT molecular complexity index is 1350. The molecule has 1 fully saturated rings. The number of ether oxygens (including phenoxy) is 3. The molecule has 0 spiro atoms. The Morgan fingerprint density at radius 2 is 1.85 bits per heavy atom. The highest BCUT2D eigenvalue weighted by Crippen LogP contribution is 2.41. The maximum absolute atomic E-state index is 13.5. The lowest BCUT2D eigenvalue weighted by molar-refractivity contribution is -0.143. The van der Waals surface area contributed by atoms with E-state index in [1.807, 2.05) is 25.2 Å². The first-order valence-electron chi connectivity index (χ1n) is 14.2. The summed E-state index contributed by atoms with van der Waals surface area (Å²) in [6.45, 7) is 7.18. The van der Waals surface area contributed by atoms with Gasteiger partial charge in [-0.3, -0.25) is 14.5 Å². The van der Waals surface area contributed by atoms with Crippen molar-refractivity contribution in [1.29, 1.82) is 0 Å². The topological polar surface area (TPSA) is 68.3 Å². The summed E-state index contributed by atoms with van der Waals surface area (Å²) in [5.41, 5.74) is 4.65. The summed E-state index contributed by atoms with van der Waals surface area (Å²) in [7, 11) is 1.61. The second-order valence-electron chi connectivity index (χ2n) is 10.6. The molecule has 0 N–H and O–H groups in total. The van der Waals surface area contributed by atoms with Crippen LogP contribution in [0.15, 0.2) is 83.8 Å². The van der Waals surface area contributed by atoms with Crippen molar-refractivity contribution in [3.05, 3.63) is 106 Å². The molecule has 1 aliphatic carbocycles. The molecule has 2 aromatic rings. The summed E-state index contributed by atoms with van der Waals surface area (Å²) in [5.74, 6) is 0.0956. The Labute approximate surface area is 247 Å². The average molecular weight is 577 g/mol. The summed E-state index contributed by atoms with van der Waals surface area (Å²) in [4.78, 5) is 30.6. The molecule has 3 atom stereocenters. The quantitative estimate of drug-likeness (QED) is 0.356. The molecule has 2 heterocycles. The van der Waals surface area contributed by atoms with Gasteiger partial charge in [0.05, 0.1) is 32.3 Å². The van der Waals surface area contributed by atoms with Crippen molar-refractivity contribution in [1.82, 2.24) is 9.80 Å². The first-order chi connectivity index (χ1) is 19.9. The van der Waals surface area contributed by atoms with Crippen LogP contribution in [0, 0.1) is 5.92 Å². The van der Waals surface area contributed by atoms with E-state index in [-0.39, 0.29) is 36.4 Å². The fourth-order valence-electron chi connectivity index (χ4n) is 5.79. The normalized spacial score (nSPS) is 22.4. The standard InChI is InChI=1S/C33H37ClN2O5/c1-4-23-5-7-24(8-6-23)31-21-35(15-17-40-31)16-18-41-32(37)20-28-22(2)36(30-14-13-27(39-3)19-29(28)30)33(38)25-9-11-26(34)12-10-25/h5-14,19,29-31H,4,15-18,20-21H2,1-3H3. The molecular formula is C33H37ClN2O5. The van der Waals surface area contributed by atoms with E-state index in [0.29, 0.717) is 36.1 Å². The number of carbonyl (C=O) groups is 2. The third kappa shape index (κ3) is 6.58. The van der Waals surface area contributed by atoms with Gasteiger partial charge in [-0.05, 0) is 66.5 Å². The highest BCUT2D eigenvalue weighted by Gasteiger charge is 2.42. The first-order valence-corrected chi connectivity index (χ1v) is 14.6. The number of methoxy groups -OCH3 is 1. The summed E-state index contributed by atoms with van der Waals surface area (Å²) < 4.78 is 17.2. The number of esters is 1. The fraction of sp³-hybridized carbons (Fsp3) is 0.394. The van der Waals surface area contributed by atoms with Gasteiger partial charge in [0.15, 0.2) is 0 Å². The molecule has 216 valence electrons. The van der Waals surface area contributed by atoms with Crippen molar-refractivity contribution in [2.75, 3.05) is 40.0 Å². The van der Waals surface area contributed by atoms with Crippen molar-refractivity contribution in [3.8, 4) is 0 Å². The number of halogens is 1. The van der Waals surface area contributed by atoms with Gasteiger partial charge in [-0.1, -0.05) is 48.9 Å². The summed E-state index contributed by atoms with van der Waals surface area (Å²) in [6.07, 6.45) is 6.94. The summed E-state index contributed by atoms with van der Waals surface area (Å²) >= 11 is 6.04. The first kappa shape index (κ1) is 29.1. The van der Waals surface area contributed by atoms with Crippen LogP contribution in [0.1, 0.15) is 47.9 Å². The number of aryl methyl sites for hydroxylation is 1. The van der Waals surface area contributed by atoms with Crippen molar-refractivity contribution >= 4 is 23.5 Å². The Kier molecular flexibility index (Phi) is 9.28. The van der Waals surface area contributed by atoms with Gasteiger partial charge >= 0.3 is 5.97 Å². The number of amides is 1. The molecular weight excluding hydrogens is 540 g/mol. The molecule has 5 rings (SSSR count). The van der Waals surface area contributed by atoms with Crippen LogP contribution >= 0.6 is 11.6 Å². The fourth-order valence-corrected chi connectivity index (χ4v) is 5.91. The molecule has 41 heavy (non-hydrogen) atoms. The number of morpholine rings is 1. The van der Waals surface area contributed by atoms with E-state index in [0.717, 1.165) is 30.8 Å². The molecule has 8 heteroatoms. The Hall–Kier alpha value is -3.39. The van der Waals surface area contributed by atoms with Crippen molar-refractivity contribution in [3.63, 3.8) is 0 Å². The van der Waals surface area contributed by atoms with Crippen LogP contribution in [0.4, 0.5) is 0 Å². The zero-order chi connectivity index (χ0) is 28.9. The molecule has 0 radical (unpaired) electrons. The van der Waals surface area contributed by atoms with Gasteiger partial charge < -0.3 is 19.1 Å². The lowest BCUT2D eigenvalue weighted by Crippen LogP contribution is -2.40. The van der Waals surface area contributed by atoms with Gasteiger partial charge in [0.25, 0.3) is 5.91 Å². The molecule has 2 aromatic carbocycles. The Morgan fingerprint density at radius 1 is 1.10 bits per heavy atom. The van der Waals surface area contributed by atoms with E-state index < -0.39 is 0 Å². The number of benzene rings is 2. The molecule has 0 bridgehead atoms. The van der Waals surface area contributed by atoms with E-state index in [2.05, 4.69) is 36.1 Å². The second-order valence-corrected chi connectivity index (χ2v) is 11.0. The zero-order valence-corrected chi connectivity index (χ0v) is 24.6. The molecule has 7 nitrogen and oxygen atoms in total. The number of hydrogen-bond donors (Lipinski definition) is 0. The van der Waals surface area contributed by atoms with E-state index in [9.17, 15) is 9.59 Å². The minimum atomic E-state index is -0.305. The van der Waals surface area contributed by atoms with E-state index >= 15 is 0 Å². The number of fused-ring (bicyclic) bond motifs is 1. The average Bonchev–Trinajstić information content (AvgIpc) is 3.27. The highest BCUT2D eigenvalue weighted by molar-refractivity contribution is 6.30. The second kappa shape index (κ2) is 13.1. The van der Waals surface area contributed by atoms with Gasteiger partial charge in [-0.25, -0.2) is 0 Å². The zero-order valence-electron chi connectivity index (χ0n) is 23.8. The van der Waals surface area contributed by atoms with Crippen molar-refractivity contribution < 1.29 is 23.8 Å². The third-order valence-corrected chi connectivity index (χ3v) is 8.41. The maximum atomic E-state index is 13.5. The monoisotopic (exact) mass is 576 g/mol. The van der Waals surface area contributed by atoms with Crippen molar-refractivity contribution in [2.24, 2.45) is 5.92 Å². The number of hydrogen-bond acceptors (Lipinski definition) is 6. The minimum absolute atomic E-state index is 0.0128. The predicted octanol–water partition coefficient (Wildman–Crippen LogP) is 5.72. The van der Waals surface area contributed by atoms with Gasteiger partial charge in [-0.15, -0.1) is 0 Å². The molecule has 0 saturated carbocycles. The lowest BCUT2D eigenvalue weighted by atomic mass is 9.88. The van der Waals surface area contributed by atoms with Crippen LogP contribution in [0.2, 0.25) is 5.02 Å². The minimum Gasteiger partial charge on any atom is -0.497 e. The number of allylic oxidation sites excluding steroid dienone is 2. The SMILES string of the molecule is CCc1ccc(C2CN(CCOC(=O)CC3=C(C)N(C(=O)c4ccc(Cl)cc4)C4C=CC(OC)=CC34)CCO2)cc1. The van der Waals surface area contributed by atoms with E-state index in [1.165, 1.54) is 11.1 Å². The highest BCUT2D eigenvalue weighted by atomic mass is 35.5. The van der Waals surface area contributed by atoms with E-state index in [4.69, 9.17) is 25.8 Å². The molecule has 2 aliphatic heterocycles. The predicted molar refractivity (Wildman–Crippen MR) is 158 cm³/mol. The van der Waals surface area contributed by atoms with Crippen LogP contribution in [0.3, 0.4) is 0 Å².